The van der Waals surface area contributed by atoms with Crippen LogP contribution in [0.5, 0.6) is 0 Å². The van der Waals surface area contributed by atoms with E-state index < -0.39 is 0 Å². The third-order valence-electron chi connectivity index (χ3n) is 3.26. The number of nitrogens with one attached hydrogen (secondary N) is 1. The van der Waals surface area contributed by atoms with Crippen LogP contribution in [-0.4, -0.2) is 31.7 Å². The summed E-state index contributed by atoms with van der Waals surface area (Å²) >= 11 is 0. The molecule has 4 nitrogen and oxygen atoms in total. The van der Waals surface area contributed by atoms with Gasteiger partial charge in [0.1, 0.15) is 0 Å². The average Bonchev–Trinajstić information content (AvgIpc) is 2.71. The maximum atomic E-state index is 11.6. The first-order chi connectivity index (χ1) is 8.33. The molecule has 1 aromatic rings. The minimum atomic E-state index is 0.234. The van der Waals surface area contributed by atoms with E-state index in [4.69, 9.17) is 4.74 Å². The first-order valence-corrected chi connectivity index (χ1v) is 6.08. The lowest BCUT2D eigenvalue weighted by Crippen LogP contribution is -2.40. The Hall–Kier alpha value is -1.55. The fourth-order valence-corrected chi connectivity index (χ4v) is 2.21. The molecule has 2 saturated heterocycles. The monoisotopic (exact) mass is 232 g/mol. The molecule has 3 rings (SSSR count). The molecule has 4 heteroatoms. The number of hydrogen-bond acceptors (Lipinski definition) is 3. The standard InChI is InChI=1S/C13H16N2O2/c16-13-2-1-7-15(13)12-5-3-10(4-6-12)14-11-8-17-9-11/h3-6,11,14H,1-2,7-9H2. The molecule has 0 atom stereocenters. The molecule has 0 aliphatic carbocycles. The molecular weight excluding hydrogens is 216 g/mol. The van der Waals surface area contributed by atoms with Crippen LogP contribution in [0.2, 0.25) is 0 Å². The Morgan fingerprint density at radius 3 is 2.53 bits per heavy atom. The number of carbonyl (C=O) groups excluding carboxylic acids is 1. The molecule has 90 valence electrons. The molecule has 1 N–H and O–H groups in total. The number of amides is 1. The molecule has 0 aromatic heterocycles. The van der Waals surface area contributed by atoms with E-state index in [2.05, 4.69) is 5.32 Å². The van der Waals surface area contributed by atoms with Crippen molar-refractivity contribution in [1.82, 2.24) is 0 Å². The van der Waals surface area contributed by atoms with Crippen LogP contribution >= 0.6 is 0 Å². The van der Waals surface area contributed by atoms with Crippen molar-refractivity contribution in [2.45, 2.75) is 18.9 Å². The number of ether oxygens (including phenoxy) is 1. The van der Waals surface area contributed by atoms with E-state index in [1.807, 2.05) is 29.2 Å². The molecule has 17 heavy (non-hydrogen) atoms. The van der Waals surface area contributed by atoms with Gasteiger partial charge in [0.2, 0.25) is 5.91 Å². The molecule has 1 amide bonds. The van der Waals surface area contributed by atoms with Crippen molar-refractivity contribution in [3.63, 3.8) is 0 Å². The summed E-state index contributed by atoms with van der Waals surface area (Å²) < 4.78 is 5.11. The van der Waals surface area contributed by atoms with Gasteiger partial charge in [-0.3, -0.25) is 4.79 Å². The molecule has 0 radical (unpaired) electrons. The zero-order valence-corrected chi connectivity index (χ0v) is 9.69. The highest BCUT2D eigenvalue weighted by atomic mass is 16.5. The Balaban J connectivity index is 1.68. The fraction of sp³-hybridized carbons (Fsp3) is 0.462. The molecule has 2 heterocycles. The second-order valence-corrected chi connectivity index (χ2v) is 4.57. The zero-order chi connectivity index (χ0) is 11.7. The van der Waals surface area contributed by atoms with Crippen molar-refractivity contribution in [3.8, 4) is 0 Å². The second kappa shape index (κ2) is 4.37. The lowest BCUT2D eigenvalue weighted by molar-refractivity contribution is -0.117. The van der Waals surface area contributed by atoms with E-state index in [9.17, 15) is 4.79 Å². The molecule has 0 saturated carbocycles. The number of anilines is 2. The molecule has 0 spiro atoms. The molecule has 0 unspecified atom stereocenters. The maximum absolute atomic E-state index is 11.6. The Morgan fingerprint density at radius 1 is 1.24 bits per heavy atom. The highest BCUT2D eigenvalue weighted by molar-refractivity contribution is 5.95. The van der Waals surface area contributed by atoms with Gasteiger partial charge in [0.05, 0.1) is 19.3 Å². The van der Waals surface area contributed by atoms with Crippen LogP contribution < -0.4 is 10.2 Å². The van der Waals surface area contributed by atoms with E-state index >= 15 is 0 Å². The topological polar surface area (TPSA) is 41.6 Å². The highest BCUT2D eigenvalue weighted by Gasteiger charge is 2.22. The minimum absolute atomic E-state index is 0.234. The van der Waals surface area contributed by atoms with Crippen LogP contribution in [0.1, 0.15) is 12.8 Å². The van der Waals surface area contributed by atoms with Gasteiger partial charge in [-0.2, -0.15) is 0 Å². The van der Waals surface area contributed by atoms with Gasteiger partial charge in [0.25, 0.3) is 0 Å². The zero-order valence-electron chi connectivity index (χ0n) is 9.69. The largest absolute Gasteiger partial charge is 0.378 e. The molecular formula is C13H16N2O2. The van der Waals surface area contributed by atoms with E-state index in [1.54, 1.807) is 0 Å². The first-order valence-electron chi connectivity index (χ1n) is 6.08. The van der Waals surface area contributed by atoms with Gasteiger partial charge in [-0.15, -0.1) is 0 Å². The number of benzene rings is 1. The van der Waals surface area contributed by atoms with E-state index in [1.165, 1.54) is 0 Å². The predicted molar refractivity (Wildman–Crippen MR) is 66.3 cm³/mol. The van der Waals surface area contributed by atoms with Gasteiger partial charge >= 0.3 is 0 Å². The Labute approximate surface area is 101 Å². The predicted octanol–water partition coefficient (Wildman–Crippen LogP) is 1.62. The summed E-state index contributed by atoms with van der Waals surface area (Å²) in [4.78, 5) is 13.4. The summed E-state index contributed by atoms with van der Waals surface area (Å²) in [5.74, 6) is 0.234. The Bertz CT molecular complexity index is 412. The van der Waals surface area contributed by atoms with Gasteiger partial charge < -0.3 is 15.0 Å². The minimum Gasteiger partial charge on any atom is -0.378 e. The smallest absolute Gasteiger partial charge is 0.227 e. The van der Waals surface area contributed by atoms with Crippen molar-refractivity contribution >= 4 is 17.3 Å². The van der Waals surface area contributed by atoms with Crippen LogP contribution in [-0.2, 0) is 9.53 Å². The van der Waals surface area contributed by atoms with Crippen LogP contribution in [0.25, 0.3) is 0 Å². The third kappa shape index (κ3) is 2.13. The van der Waals surface area contributed by atoms with Crippen LogP contribution in [0, 0.1) is 0 Å². The van der Waals surface area contributed by atoms with Crippen molar-refractivity contribution in [1.29, 1.82) is 0 Å². The van der Waals surface area contributed by atoms with Gasteiger partial charge in [-0.05, 0) is 30.7 Å². The molecule has 2 aliphatic heterocycles. The summed E-state index contributed by atoms with van der Waals surface area (Å²) in [5, 5.41) is 3.38. The van der Waals surface area contributed by atoms with E-state index in [0.717, 1.165) is 37.6 Å². The van der Waals surface area contributed by atoms with Crippen molar-refractivity contribution in [2.75, 3.05) is 30.0 Å². The third-order valence-corrected chi connectivity index (χ3v) is 3.26. The molecule has 2 aliphatic rings. The van der Waals surface area contributed by atoms with E-state index in [0.29, 0.717) is 12.5 Å². The molecule has 2 fully saturated rings. The van der Waals surface area contributed by atoms with Crippen LogP contribution in [0.15, 0.2) is 24.3 Å². The average molecular weight is 232 g/mol. The van der Waals surface area contributed by atoms with Crippen molar-refractivity contribution in [2.24, 2.45) is 0 Å². The highest BCUT2D eigenvalue weighted by Crippen LogP contribution is 2.23. The summed E-state index contributed by atoms with van der Waals surface area (Å²) in [6.45, 7) is 2.42. The van der Waals surface area contributed by atoms with Crippen molar-refractivity contribution < 1.29 is 9.53 Å². The lowest BCUT2D eigenvalue weighted by atomic mass is 10.2. The summed E-state index contributed by atoms with van der Waals surface area (Å²) in [6, 6.07) is 8.50. The molecule has 0 bridgehead atoms. The lowest BCUT2D eigenvalue weighted by Gasteiger charge is -2.28. The summed E-state index contributed by atoms with van der Waals surface area (Å²) in [6.07, 6.45) is 1.65. The number of carbonyl (C=O) groups is 1. The molecule has 1 aromatic carbocycles. The van der Waals surface area contributed by atoms with Gasteiger partial charge in [-0.1, -0.05) is 0 Å². The first kappa shape index (κ1) is 10.6. The number of hydrogen-bond donors (Lipinski definition) is 1. The second-order valence-electron chi connectivity index (χ2n) is 4.57. The fourth-order valence-electron chi connectivity index (χ4n) is 2.21. The maximum Gasteiger partial charge on any atom is 0.227 e. The van der Waals surface area contributed by atoms with Gasteiger partial charge in [0.15, 0.2) is 0 Å². The number of rotatable bonds is 3. The Kier molecular flexibility index (Phi) is 2.73. The number of nitrogens with zero attached hydrogens (tertiary/aromatic N) is 1. The summed E-state index contributed by atoms with van der Waals surface area (Å²) in [7, 11) is 0. The Morgan fingerprint density at radius 2 is 2.00 bits per heavy atom. The van der Waals surface area contributed by atoms with Crippen LogP contribution in [0.3, 0.4) is 0 Å². The van der Waals surface area contributed by atoms with E-state index in [-0.39, 0.29) is 5.91 Å². The quantitative estimate of drug-likeness (QED) is 0.861. The van der Waals surface area contributed by atoms with Crippen LogP contribution in [0.4, 0.5) is 11.4 Å². The van der Waals surface area contributed by atoms with Crippen molar-refractivity contribution in [3.05, 3.63) is 24.3 Å². The summed E-state index contributed by atoms with van der Waals surface area (Å²) in [5.41, 5.74) is 2.09. The normalized spacial score (nSPS) is 20.5. The van der Waals surface area contributed by atoms with Gasteiger partial charge in [-0.25, -0.2) is 0 Å². The SMILES string of the molecule is O=C1CCCN1c1ccc(NC2COC2)cc1. The van der Waals surface area contributed by atoms with Gasteiger partial charge in [0, 0.05) is 24.3 Å².